The van der Waals surface area contributed by atoms with Crippen molar-refractivity contribution in [3.63, 3.8) is 0 Å². The van der Waals surface area contributed by atoms with Gasteiger partial charge in [0.15, 0.2) is 5.78 Å². The summed E-state index contributed by atoms with van der Waals surface area (Å²) in [7, 11) is 0. The van der Waals surface area contributed by atoms with Crippen molar-refractivity contribution < 1.29 is 24.2 Å². The second-order valence-electron chi connectivity index (χ2n) is 3.35. The molecule has 1 aliphatic rings. The molecular formula is C9H13NO5. The maximum absolute atomic E-state index is 11.3. The standard InChI is InChI=1S/C9H13NO5/c1-2-15-8(12)6-3-7(11)5-10(4-6)9(13)14/h6H,2-5H2,1H3,(H,13,14). The summed E-state index contributed by atoms with van der Waals surface area (Å²) in [6, 6.07) is 0. The summed E-state index contributed by atoms with van der Waals surface area (Å²) in [5.41, 5.74) is 0. The van der Waals surface area contributed by atoms with E-state index in [-0.39, 0.29) is 31.9 Å². The van der Waals surface area contributed by atoms with Gasteiger partial charge in [0, 0.05) is 13.0 Å². The minimum Gasteiger partial charge on any atom is -0.466 e. The van der Waals surface area contributed by atoms with E-state index in [0.29, 0.717) is 0 Å². The Kier molecular flexibility index (Phi) is 3.65. The monoisotopic (exact) mass is 215 g/mol. The van der Waals surface area contributed by atoms with E-state index in [2.05, 4.69) is 0 Å². The first-order chi connectivity index (χ1) is 7.04. The Morgan fingerprint density at radius 1 is 1.60 bits per heavy atom. The van der Waals surface area contributed by atoms with Gasteiger partial charge < -0.3 is 14.7 Å². The highest BCUT2D eigenvalue weighted by molar-refractivity contribution is 5.89. The minimum atomic E-state index is -1.18. The van der Waals surface area contributed by atoms with Crippen molar-refractivity contribution in [3.05, 3.63) is 0 Å². The predicted molar refractivity (Wildman–Crippen MR) is 49.3 cm³/mol. The molecule has 1 rings (SSSR count). The largest absolute Gasteiger partial charge is 0.466 e. The van der Waals surface area contributed by atoms with Crippen LogP contribution >= 0.6 is 0 Å². The molecule has 1 unspecified atom stereocenters. The molecule has 6 heteroatoms. The maximum Gasteiger partial charge on any atom is 0.407 e. The summed E-state index contributed by atoms with van der Waals surface area (Å²) in [6.07, 6.45) is -1.11. The Labute approximate surface area is 86.8 Å². The number of carbonyl (C=O) groups is 3. The van der Waals surface area contributed by atoms with Crippen LogP contribution < -0.4 is 0 Å². The van der Waals surface area contributed by atoms with Gasteiger partial charge in [-0.25, -0.2) is 4.79 Å². The van der Waals surface area contributed by atoms with E-state index in [1.807, 2.05) is 0 Å². The molecule has 6 nitrogen and oxygen atoms in total. The van der Waals surface area contributed by atoms with Crippen molar-refractivity contribution in [2.45, 2.75) is 13.3 Å². The molecule has 84 valence electrons. The Hall–Kier alpha value is -1.59. The van der Waals surface area contributed by atoms with Gasteiger partial charge in [-0.3, -0.25) is 9.59 Å². The topological polar surface area (TPSA) is 83.9 Å². The number of ketones is 1. The van der Waals surface area contributed by atoms with Crippen LogP contribution in [0.2, 0.25) is 0 Å². The van der Waals surface area contributed by atoms with Crippen LogP contribution in [0.5, 0.6) is 0 Å². The molecule has 0 saturated carbocycles. The third-order valence-electron chi connectivity index (χ3n) is 2.17. The highest BCUT2D eigenvalue weighted by Crippen LogP contribution is 2.15. The Bertz CT molecular complexity index is 288. The number of hydrogen-bond acceptors (Lipinski definition) is 4. The number of likely N-dealkylation sites (tertiary alicyclic amines) is 1. The summed E-state index contributed by atoms with van der Waals surface area (Å²) in [5, 5.41) is 8.71. The number of ether oxygens (including phenoxy) is 1. The molecule has 15 heavy (non-hydrogen) atoms. The Morgan fingerprint density at radius 3 is 2.80 bits per heavy atom. The molecule has 0 aromatic heterocycles. The molecule has 1 saturated heterocycles. The van der Waals surface area contributed by atoms with Crippen molar-refractivity contribution in [3.8, 4) is 0 Å². The number of rotatable bonds is 2. The van der Waals surface area contributed by atoms with Crippen molar-refractivity contribution in [1.29, 1.82) is 0 Å². The molecule has 1 fully saturated rings. The van der Waals surface area contributed by atoms with E-state index < -0.39 is 18.0 Å². The Balaban J connectivity index is 2.63. The van der Waals surface area contributed by atoms with Crippen LogP contribution in [0.4, 0.5) is 4.79 Å². The highest BCUT2D eigenvalue weighted by Gasteiger charge is 2.33. The van der Waals surface area contributed by atoms with Crippen molar-refractivity contribution in [1.82, 2.24) is 4.90 Å². The third kappa shape index (κ3) is 2.93. The predicted octanol–water partition coefficient (Wildman–Crippen LogP) is 0.118. The molecule has 1 atom stereocenters. The fourth-order valence-electron chi connectivity index (χ4n) is 1.51. The summed E-state index contributed by atoms with van der Waals surface area (Å²) >= 11 is 0. The first-order valence-corrected chi connectivity index (χ1v) is 4.70. The van der Waals surface area contributed by atoms with Crippen LogP contribution in [0.3, 0.4) is 0 Å². The molecule has 0 bridgehead atoms. The molecule has 0 radical (unpaired) electrons. The fourth-order valence-corrected chi connectivity index (χ4v) is 1.51. The van der Waals surface area contributed by atoms with Crippen LogP contribution in [0.1, 0.15) is 13.3 Å². The molecule has 1 N–H and O–H groups in total. The molecule has 1 aliphatic heterocycles. The number of amides is 1. The van der Waals surface area contributed by atoms with Gasteiger partial charge in [0.25, 0.3) is 0 Å². The SMILES string of the molecule is CCOC(=O)C1CC(=O)CN(C(=O)O)C1. The second kappa shape index (κ2) is 4.77. The maximum atomic E-state index is 11.3. The van der Waals surface area contributed by atoms with Crippen LogP contribution in [-0.4, -0.2) is 47.5 Å². The number of carboxylic acid groups (broad SMARTS) is 1. The van der Waals surface area contributed by atoms with Crippen LogP contribution in [0, 0.1) is 5.92 Å². The van der Waals surface area contributed by atoms with Crippen LogP contribution in [0.25, 0.3) is 0 Å². The summed E-state index contributed by atoms with van der Waals surface area (Å²) in [6.45, 7) is 1.80. The molecular weight excluding hydrogens is 202 g/mol. The van der Waals surface area contributed by atoms with Gasteiger partial charge in [-0.2, -0.15) is 0 Å². The zero-order chi connectivity index (χ0) is 11.4. The lowest BCUT2D eigenvalue weighted by Crippen LogP contribution is -2.46. The lowest BCUT2D eigenvalue weighted by Gasteiger charge is -2.28. The zero-order valence-electron chi connectivity index (χ0n) is 8.43. The number of carbonyl (C=O) groups excluding carboxylic acids is 2. The third-order valence-corrected chi connectivity index (χ3v) is 2.17. The fraction of sp³-hybridized carbons (Fsp3) is 0.667. The number of esters is 1. The smallest absolute Gasteiger partial charge is 0.407 e. The lowest BCUT2D eigenvalue weighted by atomic mass is 9.97. The first-order valence-electron chi connectivity index (χ1n) is 4.70. The van der Waals surface area contributed by atoms with E-state index in [1.165, 1.54) is 0 Å². The van der Waals surface area contributed by atoms with E-state index >= 15 is 0 Å². The highest BCUT2D eigenvalue weighted by atomic mass is 16.5. The van der Waals surface area contributed by atoms with Gasteiger partial charge in [0.05, 0.1) is 19.1 Å². The van der Waals surface area contributed by atoms with Crippen LogP contribution in [0.15, 0.2) is 0 Å². The van der Waals surface area contributed by atoms with E-state index in [1.54, 1.807) is 6.92 Å². The van der Waals surface area contributed by atoms with Gasteiger partial charge in [-0.05, 0) is 6.92 Å². The van der Waals surface area contributed by atoms with E-state index in [0.717, 1.165) is 4.90 Å². The molecule has 1 heterocycles. The van der Waals surface area contributed by atoms with Gasteiger partial charge in [-0.15, -0.1) is 0 Å². The van der Waals surface area contributed by atoms with Gasteiger partial charge >= 0.3 is 12.1 Å². The number of hydrogen-bond donors (Lipinski definition) is 1. The van der Waals surface area contributed by atoms with Gasteiger partial charge in [0.2, 0.25) is 0 Å². The first kappa shape index (κ1) is 11.5. The normalized spacial score (nSPS) is 21.3. The van der Waals surface area contributed by atoms with Gasteiger partial charge in [0.1, 0.15) is 0 Å². The van der Waals surface area contributed by atoms with Crippen molar-refractivity contribution >= 4 is 17.8 Å². The number of nitrogens with zero attached hydrogens (tertiary/aromatic N) is 1. The average Bonchev–Trinajstić information content (AvgIpc) is 2.17. The summed E-state index contributed by atoms with van der Waals surface area (Å²) in [4.78, 5) is 34.1. The average molecular weight is 215 g/mol. The number of Topliss-reactive ketones (excluding diaryl/α,β-unsaturated/α-hetero) is 1. The van der Waals surface area contributed by atoms with Crippen molar-refractivity contribution in [2.75, 3.05) is 19.7 Å². The molecule has 1 amide bonds. The molecule has 0 aliphatic carbocycles. The second-order valence-corrected chi connectivity index (χ2v) is 3.35. The molecule has 0 aromatic rings. The zero-order valence-corrected chi connectivity index (χ0v) is 8.43. The van der Waals surface area contributed by atoms with Crippen molar-refractivity contribution in [2.24, 2.45) is 5.92 Å². The van der Waals surface area contributed by atoms with E-state index in [9.17, 15) is 14.4 Å². The van der Waals surface area contributed by atoms with Gasteiger partial charge in [-0.1, -0.05) is 0 Å². The minimum absolute atomic E-state index is 0.0416. The van der Waals surface area contributed by atoms with Crippen LogP contribution in [-0.2, 0) is 14.3 Å². The quantitative estimate of drug-likeness (QED) is 0.661. The Morgan fingerprint density at radius 2 is 2.27 bits per heavy atom. The summed E-state index contributed by atoms with van der Waals surface area (Å²) in [5.74, 6) is -1.40. The molecule has 0 aromatic carbocycles. The number of piperidine rings is 1. The lowest BCUT2D eigenvalue weighted by molar-refractivity contribution is -0.151. The van der Waals surface area contributed by atoms with E-state index in [4.69, 9.17) is 9.84 Å². The molecule has 0 spiro atoms. The summed E-state index contributed by atoms with van der Waals surface area (Å²) < 4.78 is 4.75.